The Morgan fingerprint density at radius 2 is 2.21 bits per heavy atom. The molecular formula is C22H29N5O2. The number of aromatic nitrogens is 2. The number of carbonyl (C=O) groups excluding carboxylic acids is 1. The molecule has 0 bridgehead atoms. The van der Waals surface area contributed by atoms with Gasteiger partial charge in [-0.3, -0.25) is 9.78 Å². The molecular weight excluding hydrogens is 366 g/mol. The molecule has 154 valence electrons. The van der Waals surface area contributed by atoms with Gasteiger partial charge < -0.3 is 19.9 Å². The third kappa shape index (κ3) is 3.86. The normalized spacial score (nSPS) is 21.8. The lowest BCUT2D eigenvalue weighted by atomic mass is 9.83. The first-order valence-electron chi connectivity index (χ1n) is 10.4. The Bertz CT molecular complexity index is 860. The van der Waals surface area contributed by atoms with Gasteiger partial charge in [-0.1, -0.05) is 13.0 Å². The highest BCUT2D eigenvalue weighted by atomic mass is 16.5. The fourth-order valence-corrected chi connectivity index (χ4v) is 4.32. The highest BCUT2D eigenvalue weighted by molar-refractivity contribution is 5.82. The largest absolute Gasteiger partial charge is 0.497 e. The third-order valence-electron chi connectivity index (χ3n) is 6.14. The number of nitrogens with zero attached hydrogens (tertiary/aromatic N) is 4. The zero-order valence-electron chi connectivity index (χ0n) is 17.3. The van der Waals surface area contributed by atoms with E-state index in [-0.39, 0.29) is 23.9 Å². The zero-order valence-corrected chi connectivity index (χ0v) is 17.3. The average molecular weight is 396 g/mol. The molecule has 29 heavy (non-hydrogen) atoms. The number of anilines is 2. The molecule has 0 spiro atoms. The quantitative estimate of drug-likeness (QED) is 0.838. The number of carbonyl (C=O) groups is 1. The molecule has 2 aromatic rings. The van der Waals surface area contributed by atoms with Crippen LogP contribution in [-0.4, -0.2) is 54.7 Å². The van der Waals surface area contributed by atoms with Crippen molar-refractivity contribution in [3.05, 3.63) is 42.4 Å². The van der Waals surface area contributed by atoms with Gasteiger partial charge in [0.2, 0.25) is 5.91 Å². The van der Waals surface area contributed by atoms with Crippen LogP contribution in [0.15, 0.2) is 36.8 Å². The van der Waals surface area contributed by atoms with Gasteiger partial charge in [0.25, 0.3) is 0 Å². The molecule has 0 aliphatic carbocycles. The third-order valence-corrected chi connectivity index (χ3v) is 6.14. The molecule has 1 N–H and O–H groups in total. The molecule has 0 saturated carbocycles. The second kappa shape index (κ2) is 8.27. The molecule has 3 unspecified atom stereocenters. The van der Waals surface area contributed by atoms with Crippen molar-refractivity contribution in [3.63, 3.8) is 0 Å². The van der Waals surface area contributed by atoms with E-state index in [1.165, 1.54) is 11.3 Å². The van der Waals surface area contributed by atoms with Crippen LogP contribution in [0.2, 0.25) is 0 Å². The van der Waals surface area contributed by atoms with Crippen LogP contribution in [-0.2, 0) is 11.2 Å². The van der Waals surface area contributed by atoms with Gasteiger partial charge in [0.1, 0.15) is 11.6 Å². The van der Waals surface area contributed by atoms with Crippen molar-refractivity contribution in [3.8, 4) is 5.75 Å². The lowest BCUT2D eigenvalue weighted by Gasteiger charge is -2.49. The van der Waals surface area contributed by atoms with Crippen LogP contribution in [0, 0.1) is 5.92 Å². The van der Waals surface area contributed by atoms with Crippen molar-refractivity contribution in [2.75, 3.05) is 36.5 Å². The number of nitrogens with one attached hydrogen (secondary N) is 1. The summed E-state index contributed by atoms with van der Waals surface area (Å²) in [6, 6.07) is 6.44. The number of methoxy groups -OCH3 is 1. The molecule has 3 heterocycles. The molecule has 4 rings (SSSR count). The first kappa shape index (κ1) is 19.5. The number of ether oxygens (including phenoxy) is 1. The number of piperazine rings is 1. The number of fused-ring (bicyclic) bond motifs is 3. The minimum Gasteiger partial charge on any atom is -0.497 e. The maximum absolute atomic E-state index is 13.2. The number of amides is 1. The van der Waals surface area contributed by atoms with E-state index in [0.717, 1.165) is 44.0 Å². The number of hydrogen-bond donors (Lipinski definition) is 1. The predicted octanol–water partition coefficient (Wildman–Crippen LogP) is 2.27. The van der Waals surface area contributed by atoms with Crippen molar-refractivity contribution < 1.29 is 9.53 Å². The van der Waals surface area contributed by atoms with Crippen molar-refractivity contribution in [2.45, 2.75) is 38.8 Å². The van der Waals surface area contributed by atoms with Gasteiger partial charge in [0.05, 0.1) is 25.3 Å². The molecule has 1 saturated heterocycles. The smallest absolute Gasteiger partial charge is 0.225 e. The van der Waals surface area contributed by atoms with Crippen LogP contribution >= 0.6 is 0 Å². The van der Waals surface area contributed by atoms with Crippen LogP contribution in [0.4, 0.5) is 11.5 Å². The molecule has 2 aliphatic heterocycles. The van der Waals surface area contributed by atoms with Crippen molar-refractivity contribution >= 4 is 17.4 Å². The molecule has 2 aliphatic rings. The number of rotatable bonds is 5. The minimum absolute atomic E-state index is 0.0782. The zero-order chi connectivity index (χ0) is 20.4. The summed E-state index contributed by atoms with van der Waals surface area (Å²) < 4.78 is 5.46. The summed E-state index contributed by atoms with van der Waals surface area (Å²) in [6.07, 6.45) is 6.86. The average Bonchev–Trinajstić information content (AvgIpc) is 2.78. The highest BCUT2D eigenvalue weighted by Gasteiger charge is 2.42. The van der Waals surface area contributed by atoms with Crippen molar-refractivity contribution in [1.82, 2.24) is 15.3 Å². The van der Waals surface area contributed by atoms with Crippen LogP contribution < -0.4 is 19.9 Å². The van der Waals surface area contributed by atoms with Gasteiger partial charge in [-0.2, -0.15) is 0 Å². The van der Waals surface area contributed by atoms with Crippen LogP contribution in [0.3, 0.4) is 0 Å². The molecule has 3 atom stereocenters. The maximum Gasteiger partial charge on any atom is 0.225 e. The summed E-state index contributed by atoms with van der Waals surface area (Å²) in [5.74, 6) is 1.74. The molecule has 1 aromatic carbocycles. The molecule has 7 nitrogen and oxygen atoms in total. The Morgan fingerprint density at radius 3 is 2.93 bits per heavy atom. The standard InChI is InChI=1S/C22H29N5O2/c1-4-15(2)25-22(28)18-11-16-5-6-17(29-3)12-19(16)27-10-9-26(14-20(18)27)21-13-23-7-8-24-21/h5-8,12-13,15,18,20H,4,9-11,14H2,1-3H3,(H,25,28). The summed E-state index contributed by atoms with van der Waals surface area (Å²) in [5.41, 5.74) is 2.39. The summed E-state index contributed by atoms with van der Waals surface area (Å²) >= 11 is 0. The fourth-order valence-electron chi connectivity index (χ4n) is 4.32. The van der Waals surface area contributed by atoms with Gasteiger partial charge in [-0.15, -0.1) is 0 Å². The Hall–Kier alpha value is -2.83. The number of hydrogen-bond acceptors (Lipinski definition) is 6. The van der Waals surface area contributed by atoms with Crippen LogP contribution in [0.5, 0.6) is 5.75 Å². The fraction of sp³-hybridized carbons (Fsp3) is 0.500. The monoisotopic (exact) mass is 395 g/mol. The van der Waals surface area contributed by atoms with Gasteiger partial charge in [0, 0.05) is 49.8 Å². The summed E-state index contributed by atoms with van der Waals surface area (Å²) in [7, 11) is 1.69. The van der Waals surface area contributed by atoms with E-state index in [2.05, 4.69) is 51.1 Å². The number of benzene rings is 1. The summed E-state index contributed by atoms with van der Waals surface area (Å²) in [6.45, 7) is 6.56. The first-order chi connectivity index (χ1) is 14.1. The van der Waals surface area contributed by atoms with Crippen LogP contribution in [0.25, 0.3) is 0 Å². The van der Waals surface area contributed by atoms with Crippen LogP contribution in [0.1, 0.15) is 25.8 Å². The van der Waals surface area contributed by atoms with E-state index in [9.17, 15) is 4.79 Å². The van der Waals surface area contributed by atoms with E-state index in [1.54, 1.807) is 25.7 Å². The second-order valence-corrected chi connectivity index (χ2v) is 7.89. The SMILES string of the molecule is CCC(C)NC(=O)C1Cc2ccc(OC)cc2N2CCN(c3cnccn3)CC12. The topological polar surface area (TPSA) is 70.6 Å². The molecule has 7 heteroatoms. The van der Waals surface area contributed by atoms with E-state index >= 15 is 0 Å². The van der Waals surface area contributed by atoms with Crippen molar-refractivity contribution in [2.24, 2.45) is 5.92 Å². The highest BCUT2D eigenvalue weighted by Crippen LogP contribution is 2.38. The minimum atomic E-state index is -0.107. The Balaban J connectivity index is 1.66. The van der Waals surface area contributed by atoms with Gasteiger partial charge in [0.15, 0.2) is 0 Å². The van der Waals surface area contributed by atoms with E-state index in [0.29, 0.717) is 0 Å². The Morgan fingerprint density at radius 1 is 1.34 bits per heavy atom. The Kier molecular flexibility index (Phi) is 5.56. The molecule has 1 aromatic heterocycles. The van der Waals surface area contributed by atoms with E-state index < -0.39 is 0 Å². The predicted molar refractivity (Wildman–Crippen MR) is 113 cm³/mol. The van der Waals surface area contributed by atoms with E-state index in [4.69, 9.17) is 4.74 Å². The molecule has 1 amide bonds. The first-order valence-corrected chi connectivity index (χ1v) is 10.4. The summed E-state index contributed by atoms with van der Waals surface area (Å²) in [4.78, 5) is 26.5. The molecule has 0 radical (unpaired) electrons. The van der Waals surface area contributed by atoms with Gasteiger partial charge in [-0.25, -0.2) is 4.98 Å². The van der Waals surface area contributed by atoms with E-state index in [1.807, 2.05) is 6.07 Å². The van der Waals surface area contributed by atoms with Crippen molar-refractivity contribution in [1.29, 1.82) is 0 Å². The van der Waals surface area contributed by atoms with Gasteiger partial charge >= 0.3 is 0 Å². The Labute approximate surface area is 172 Å². The van der Waals surface area contributed by atoms with Gasteiger partial charge in [-0.05, 0) is 31.4 Å². The lowest BCUT2D eigenvalue weighted by molar-refractivity contribution is -0.126. The molecule has 1 fully saturated rings. The second-order valence-electron chi connectivity index (χ2n) is 7.89. The lowest BCUT2D eigenvalue weighted by Crippen LogP contribution is -2.61. The maximum atomic E-state index is 13.2. The summed E-state index contributed by atoms with van der Waals surface area (Å²) in [5, 5.41) is 3.20.